The molecule has 0 heterocycles. The molecule has 24 heteroatoms. The van der Waals surface area contributed by atoms with Crippen molar-refractivity contribution in [2.45, 2.75) is 141 Å². The molecule has 12 N–H and O–H groups in total. The fourth-order valence-electron chi connectivity index (χ4n) is 3.91. The molecule has 398 valence electrons. The van der Waals surface area contributed by atoms with Gasteiger partial charge < -0.3 is 62.1 Å². The third-order valence-corrected chi connectivity index (χ3v) is 10.8. The number of hydrogen-bond acceptors (Lipinski definition) is 16. The van der Waals surface area contributed by atoms with Crippen LogP contribution in [0, 0.1) is 5.92 Å². The van der Waals surface area contributed by atoms with Gasteiger partial charge in [-0.15, -0.1) is 0 Å². The molecule has 0 radical (unpaired) electrons. The predicted molar refractivity (Wildman–Crippen MR) is 256 cm³/mol. The zero-order valence-electron chi connectivity index (χ0n) is 44.1. The van der Waals surface area contributed by atoms with Gasteiger partial charge >= 0.3 is 47.8 Å². The van der Waals surface area contributed by atoms with Crippen LogP contribution in [-0.4, -0.2) is 239 Å². The number of carbonyl (C=O) groups is 8. The largest absolute Gasteiger partial charge is 0.480 e. The average molecular weight is 975 g/mol. The number of rotatable bonds is 18. The predicted octanol–water partition coefficient (Wildman–Crippen LogP) is 0.895. The first-order valence-electron chi connectivity index (χ1n) is 21.4. The van der Waals surface area contributed by atoms with Crippen molar-refractivity contribution in [3.8, 4) is 0 Å². The van der Waals surface area contributed by atoms with Gasteiger partial charge in [0, 0.05) is 0 Å². The van der Waals surface area contributed by atoms with Crippen LogP contribution in [0.4, 0.5) is 0 Å². The monoisotopic (exact) mass is 975 g/mol. The standard InChI is InChI=1S/C7H15NO2.C6H11NO2.C6H13NO2.C5H9NO2.3C5H11NO2.C4H9NO2/c1-5(2)6(7(9)10)8(3)4;1-7(2)6(3-4-6)5(8)9;1-6(2,5(8)9)7(3)4;1-6-5(2-3-5)4(7)8;1-5(2,6-3)4(7)8;1-4(5(7)8)6(2)3;1-3-4(6-2)5(7)8;1-3(5-2)4(6)7/h5-6H,1-4H3,(H,9,10);3-4H2,1-2H3,(H,8,9);1-4H3,(H,8,9);6H,2-3H2,1H3,(H,7,8);6H,1-3H3,(H,7,8);4H,1-3H3,(H,7,8);4,6H,3H2,1-2H3,(H,7,8);3,5H,1-2H3,(H,6,7). The Morgan fingerprint density at radius 2 is 0.985 bits per heavy atom. The van der Waals surface area contributed by atoms with Crippen molar-refractivity contribution in [3.05, 3.63) is 0 Å². The molecule has 4 atom stereocenters. The van der Waals surface area contributed by atoms with Crippen LogP contribution in [0.25, 0.3) is 0 Å². The first-order valence-corrected chi connectivity index (χ1v) is 21.4. The van der Waals surface area contributed by atoms with Crippen molar-refractivity contribution < 1.29 is 79.2 Å². The highest BCUT2D eigenvalue weighted by Gasteiger charge is 2.52. The molecule has 67 heavy (non-hydrogen) atoms. The van der Waals surface area contributed by atoms with Crippen molar-refractivity contribution in [3.63, 3.8) is 0 Å². The van der Waals surface area contributed by atoms with E-state index in [1.54, 1.807) is 146 Å². The molecule has 2 saturated carbocycles. The molecule has 0 aliphatic heterocycles. The van der Waals surface area contributed by atoms with Crippen LogP contribution in [0.15, 0.2) is 0 Å². The lowest BCUT2D eigenvalue weighted by atomic mass is 10.0. The molecule has 0 bridgehead atoms. The zero-order valence-corrected chi connectivity index (χ0v) is 44.1. The Morgan fingerprint density at radius 3 is 0.985 bits per heavy atom. The molecule has 0 aromatic heterocycles. The number of hydrogen-bond donors (Lipinski definition) is 12. The van der Waals surface area contributed by atoms with Crippen LogP contribution in [0.1, 0.15) is 94.4 Å². The molecular weight excluding hydrogens is 885 g/mol. The van der Waals surface area contributed by atoms with E-state index >= 15 is 0 Å². The average Bonchev–Trinajstić information content (AvgIpc) is 4.14. The first-order chi connectivity index (χ1) is 30.1. The number of carboxylic acids is 8. The highest BCUT2D eigenvalue weighted by Crippen LogP contribution is 2.40. The summed E-state index contributed by atoms with van der Waals surface area (Å²) in [7, 11) is 20.7. The summed E-state index contributed by atoms with van der Waals surface area (Å²) in [4.78, 5) is 88.7. The van der Waals surface area contributed by atoms with E-state index in [4.69, 9.17) is 40.9 Å². The van der Waals surface area contributed by atoms with E-state index in [2.05, 4.69) is 21.3 Å². The summed E-state index contributed by atoms with van der Waals surface area (Å²) in [6.45, 7) is 15.4. The fraction of sp³-hybridized carbons (Fsp3) is 0.814. The summed E-state index contributed by atoms with van der Waals surface area (Å²) < 4.78 is 0. The third kappa shape index (κ3) is 32.7. The maximum absolute atomic E-state index is 10.5. The van der Waals surface area contributed by atoms with Gasteiger partial charge in [0.15, 0.2) is 0 Å². The second-order valence-electron chi connectivity index (χ2n) is 17.7. The van der Waals surface area contributed by atoms with Gasteiger partial charge in [-0.1, -0.05) is 20.8 Å². The molecule has 0 aromatic carbocycles. The van der Waals surface area contributed by atoms with Crippen LogP contribution in [-0.2, 0) is 38.4 Å². The molecular formula is C43H90N8O16. The minimum atomic E-state index is -0.833. The van der Waals surface area contributed by atoms with Gasteiger partial charge in [-0.2, -0.15) is 0 Å². The number of nitrogens with zero attached hydrogens (tertiary/aromatic N) is 4. The first kappa shape index (κ1) is 74.0. The van der Waals surface area contributed by atoms with Crippen LogP contribution >= 0.6 is 0 Å². The van der Waals surface area contributed by atoms with Crippen molar-refractivity contribution in [1.82, 2.24) is 40.9 Å². The third-order valence-electron chi connectivity index (χ3n) is 10.8. The molecule has 4 unspecified atom stereocenters. The van der Waals surface area contributed by atoms with E-state index in [1.165, 1.54) is 0 Å². The van der Waals surface area contributed by atoms with Gasteiger partial charge in [0.25, 0.3) is 0 Å². The van der Waals surface area contributed by atoms with Crippen molar-refractivity contribution in [2.75, 3.05) is 84.6 Å². The van der Waals surface area contributed by atoms with Crippen molar-refractivity contribution in [2.24, 2.45) is 5.92 Å². The normalized spacial score (nSPS) is 15.4. The van der Waals surface area contributed by atoms with E-state index in [0.717, 1.165) is 25.7 Å². The van der Waals surface area contributed by atoms with Crippen molar-refractivity contribution in [1.29, 1.82) is 0 Å². The summed E-state index contributed by atoms with van der Waals surface area (Å²) in [6.07, 6.45) is 3.79. The van der Waals surface area contributed by atoms with Gasteiger partial charge in [0.2, 0.25) is 0 Å². The molecule has 2 fully saturated rings. The zero-order chi connectivity index (χ0) is 55.2. The van der Waals surface area contributed by atoms with Crippen molar-refractivity contribution >= 4 is 47.8 Å². The highest BCUT2D eigenvalue weighted by atomic mass is 16.4. The topological polar surface area (TPSA) is 359 Å². The number of aliphatic carboxylic acids is 8. The highest BCUT2D eigenvalue weighted by molar-refractivity contribution is 5.82. The SMILES string of the molecule is CC(C(=O)O)N(C)C.CC(C)C(C(=O)O)N(C)C.CCC(NC)C(=O)O.CN(C)C(C)(C)C(=O)O.CN(C)C1(C(=O)O)CC1.CNC(C)(C)C(=O)O.CNC(C)C(=O)O.CNC1(C(=O)O)CC1. The van der Waals surface area contributed by atoms with Gasteiger partial charge in [-0.25, -0.2) is 0 Å². The summed E-state index contributed by atoms with van der Waals surface area (Å²) in [6, 6.07) is -1.55. The van der Waals surface area contributed by atoms with E-state index in [1.807, 2.05) is 20.8 Å². The molecule has 0 spiro atoms. The smallest absolute Gasteiger partial charge is 0.324 e. The molecule has 0 aromatic rings. The lowest BCUT2D eigenvalue weighted by Crippen LogP contribution is -2.45. The maximum atomic E-state index is 10.5. The van der Waals surface area contributed by atoms with E-state index in [9.17, 15) is 38.4 Å². The summed E-state index contributed by atoms with van der Waals surface area (Å²) >= 11 is 0. The van der Waals surface area contributed by atoms with Gasteiger partial charge in [-0.05, 0) is 164 Å². The van der Waals surface area contributed by atoms with E-state index in [-0.39, 0.29) is 24.0 Å². The number of carboxylic acid groups (broad SMARTS) is 8. The molecule has 0 saturated heterocycles. The van der Waals surface area contributed by atoms with Crippen LogP contribution in [0.5, 0.6) is 0 Å². The summed E-state index contributed by atoms with van der Waals surface area (Å²) in [5, 5.41) is 78.0. The molecule has 2 rings (SSSR count). The number of nitrogens with one attached hydrogen (secondary N) is 4. The Bertz CT molecular complexity index is 1420. The second kappa shape index (κ2) is 35.6. The van der Waals surface area contributed by atoms with Crippen LogP contribution in [0.3, 0.4) is 0 Å². The van der Waals surface area contributed by atoms with Crippen LogP contribution < -0.4 is 21.3 Å². The minimum Gasteiger partial charge on any atom is -0.480 e. The number of likely N-dealkylation sites (N-methyl/N-ethyl adjacent to an activating group) is 8. The maximum Gasteiger partial charge on any atom is 0.324 e. The van der Waals surface area contributed by atoms with Gasteiger partial charge in [-0.3, -0.25) is 58.0 Å². The molecule has 2 aliphatic rings. The second-order valence-corrected chi connectivity index (χ2v) is 17.7. The Labute approximate surface area is 398 Å². The summed E-state index contributed by atoms with van der Waals surface area (Å²) in [5.74, 6) is -6.01. The minimum absolute atomic E-state index is 0.160. The Morgan fingerprint density at radius 1 is 0.567 bits per heavy atom. The fourth-order valence-corrected chi connectivity index (χ4v) is 3.91. The molecule has 2 aliphatic carbocycles. The Kier molecular flexibility index (Phi) is 39.3. The Balaban J connectivity index is -0.000000159. The summed E-state index contributed by atoms with van der Waals surface area (Å²) in [5.41, 5.74) is -2.58. The van der Waals surface area contributed by atoms with Gasteiger partial charge in [0.05, 0.1) is 0 Å². The quantitative estimate of drug-likeness (QED) is 0.0907. The van der Waals surface area contributed by atoms with E-state index < -0.39 is 76.0 Å². The molecule has 0 amide bonds. The van der Waals surface area contributed by atoms with E-state index in [0.29, 0.717) is 6.42 Å². The lowest BCUT2D eigenvalue weighted by Gasteiger charge is -2.27. The molecule has 24 nitrogen and oxygen atoms in total. The van der Waals surface area contributed by atoms with Crippen LogP contribution in [0.2, 0.25) is 0 Å². The lowest BCUT2D eigenvalue weighted by molar-refractivity contribution is -0.148. The van der Waals surface area contributed by atoms with Gasteiger partial charge in [0.1, 0.15) is 46.3 Å². The Hall–Kier alpha value is -4.56.